The number of nitrogens with zero attached hydrogens (tertiary/aromatic N) is 3. The Hall–Kier alpha value is -1.46. The molecule has 0 saturated carbocycles. The van der Waals surface area contributed by atoms with Crippen molar-refractivity contribution in [2.24, 2.45) is 12.8 Å². The van der Waals surface area contributed by atoms with Gasteiger partial charge in [0.25, 0.3) is 0 Å². The average Bonchev–Trinajstić information content (AvgIpc) is 2.53. The molecule has 0 aliphatic rings. The van der Waals surface area contributed by atoms with Crippen LogP contribution in [0.15, 0.2) is 12.3 Å². The van der Waals surface area contributed by atoms with Crippen LogP contribution in [-0.2, 0) is 7.05 Å². The molecule has 0 radical (unpaired) electrons. The Labute approximate surface area is 87.5 Å². The van der Waals surface area contributed by atoms with Crippen molar-refractivity contribution in [1.82, 2.24) is 14.8 Å². The number of hydrogen-bond acceptors (Lipinski definition) is 4. The molecule has 0 aromatic carbocycles. The van der Waals surface area contributed by atoms with Crippen molar-refractivity contribution in [1.29, 1.82) is 0 Å². The van der Waals surface area contributed by atoms with Gasteiger partial charge in [-0.3, -0.25) is 4.68 Å². The first-order chi connectivity index (χ1) is 7.13. The van der Waals surface area contributed by atoms with Crippen LogP contribution in [0, 0.1) is 6.92 Å². The van der Waals surface area contributed by atoms with Crippen molar-refractivity contribution in [3.8, 4) is 0 Å². The molecule has 0 bridgehead atoms. The zero-order valence-electron chi connectivity index (χ0n) is 8.81. The Balaban J connectivity index is 2.60. The SMILES string of the molecule is Cc1nn(C)c2ncc(C(N)CO)cc12. The molecule has 5 heteroatoms. The summed E-state index contributed by atoms with van der Waals surface area (Å²) in [5.41, 5.74) is 8.32. The summed E-state index contributed by atoms with van der Waals surface area (Å²) in [4.78, 5) is 4.28. The molecule has 2 rings (SSSR count). The van der Waals surface area contributed by atoms with Crippen LogP contribution in [-0.4, -0.2) is 26.5 Å². The average molecular weight is 206 g/mol. The smallest absolute Gasteiger partial charge is 0.157 e. The third-order valence-corrected chi connectivity index (χ3v) is 2.51. The van der Waals surface area contributed by atoms with E-state index in [1.165, 1.54) is 0 Å². The van der Waals surface area contributed by atoms with Crippen molar-refractivity contribution < 1.29 is 5.11 Å². The fourth-order valence-electron chi connectivity index (χ4n) is 1.63. The highest BCUT2D eigenvalue weighted by molar-refractivity contribution is 5.78. The Bertz CT molecular complexity index is 491. The molecule has 15 heavy (non-hydrogen) atoms. The molecular weight excluding hydrogens is 192 g/mol. The van der Waals surface area contributed by atoms with Crippen LogP contribution in [0.25, 0.3) is 11.0 Å². The minimum Gasteiger partial charge on any atom is -0.394 e. The molecule has 5 nitrogen and oxygen atoms in total. The van der Waals surface area contributed by atoms with Gasteiger partial charge in [-0.15, -0.1) is 0 Å². The largest absolute Gasteiger partial charge is 0.394 e. The molecule has 0 saturated heterocycles. The lowest BCUT2D eigenvalue weighted by Crippen LogP contribution is -2.14. The van der Waals surface area contributed by atoms with Crippen molar-refractivity contribution in [2.75, 3.05) is 6.61 Å². The van der Waals surface area contributed by atoms with Gasteiger partial charge in [0.15, 0.2) is 5.65 Å². The van der Waals surface area contributed by atoms with Crippen LogP contribution >= 0.6 is 0 Å². The summed E-state index contributed by atoms with van der Waals surface area (Å²) >= 11 is 0. The predicted molar refractivity (Wildman–Crippen MR) is 57.3 cm³/mol. The van der Waals surface area contributed by atoms with Gasteiger partial charge in [-0.05, 0) is 18.6 Å². The van der Waals surface area contributed by atoms with E-state index in [1.54, 1.807) is 10.9 Å². The van der Waals surface area contributed by atoms with E-state index in [0.29, 0.717) is 0 Å². The van der Waals surface area contributed by atoms with Gasteiger partial charge >= 0.3 is 0 Å². The summed E-state index contributed by atoms with van der Waals surface area (Å²) in [6.45, 7) is 1.85. The summed E-state index contributed by atoms with van der Waals surface area (Å²) in [6.07, 6.45) is 1.68. The number of pyridine rings is 1. The zero-order valence-corrected chi connectivity index (χ0v) is 8.81. The maximum atomic E-state index is 8.96. The highest BCUT2D eigenvalue weighted by atomic mass is 16.3. The van der Waals surface area contributed by atoms with Gasteiger partial charge in [-0.1, -0.05) is 0 Å². The second kappa shape index (κ2) is 3.60. The van der Waals surface area contributed by atoms with Crippen molar-refractivity contribution in [3.63, 3.8) is 0 Å². The van der Waals surface area contributed by atoms with Crippen molar-refractivity contribution in [3.05, 3.63) is 23.5 Å². The molecule has 0 aliphatic heterocycles. The van der Waals surface area contributed by atoms with Gasteiger partial charge in [0.2, 0.25) is 0 Å². The Morgan fingerprint density at radius 1 is 1.60 bits per heavy atom. The van der Waals surface area contributed by atoms with E-state index in [0.717, 1.165) is 22.3 Å². The molecule has 3 N–H and O–H groups in total. The molecule has 80 valence electrons. The Kier molecular flexibility index (Phi) is 2.42. The van der Waals surface area contributed by atoms with Gasteiger partial charge in [0.05, 0.1) is 18.3 Å². The van der Waals surface area contributed by atoms with E-state index in [4.69, 9.17) is 10.8 Å². The molecule has 2 aromatic heterocycles. The number of aliphatic hydroxyl groups is 1. The fourth-order valence-corrected chi connectivity index (χ4v) is 1.63. The van der Waals surface area contributed by atoms with E-state index in [9.17, 15) is 0 Å². The first-order valence-corrected chi connectivity index (χ1v) is 4.79. The number of nitrogens with two attached hydrogens (primary N) is 1. The molecule has 1 atom stereocenters. The molecule has 1 unspecified atom stereocenters. The lowest BCUT2D eigenvalue weighted by atomic mass is 10.1. The predicted octanol–water partition coefficient (Wildman–Crippen LogP) is 0.269. The maximum Gasteiger partial charge on any atom is 0.157 e. The van der Waals surface area contributed by atoms with Crippen molar-refractivity contribution in [2.45, 2.75) is 13.0 Å². The number of fused-ring (bicyclic) bond motifs is 1. The summed E-state index contributed by atoms with van der Waals surface area (Å²) in [5, 5.41) is 14.2. The molecule has 0 fully saturated rings. The standard InChI is InChI=1S/C10H14N4O/c1-6-8-3-7(9(11)5-15)4-12-10(8)14(2)13-6/h3-4,9,15H,5,11H2,1-2H3. The van der Waals surface area contributed by atoms with Crippen LogP contribution in [0.4, 0.5) is 0 Å². The molecule has 2 heterocycles. The van der Waals surface area contributed by atoms with Crippen LogP contribution in [0.3, 0.4) is 0 Å². The summed E-state index contributed by atoms with van der Waals surface area (Å²) in [5.74, 6) is 0. The van der Waals surface area contributed by atoms with Gasteiger partial charge in [-0.25, -0.2) is 4.98 Å². The second-order valence-corrected chi connectivity index (χ2v) is 3.64. The topological polar surface area (TPSA) is 77.0 Å². The number of aromatic nitrogens is 3. The molecule has 0 aliphatic carbocycles. The molecular formula is C10H14N4O. The Morgan fingerprint density at radius 2 is 2.33 bits per heavy atom. The Morgan fingerprint density at radius 3 is 3.00 bits per heavy atom. The number of rotatable bonds is 2. The molecule has 0 amide bonds. The third-order valence-electron chi connectivity index (χ3n) is 2.51. The monoisotopic (exact) mass is 206 g/mol. The van der Waals surface area contributed by atoms with E-state index < -0.39 is 0 Å². The first kappa shape index (κ1) is 10.1. The third kappa shape index (κ3) is 1.60. The minimum absolute atomic E-state index is 0.0769. The van der Waals surface area contributed by atoms with E-state index in [-0.39, 0.29) is 12.6 Å². The van der Waals surface area contributed by atoms with E-state index in [2.05, 4.69) is 10.1 Å². The normalized spacial score (nSPS) is 13.3. The fraction of sp³-hybridized carbons (Fsp3) is 0.400. The maximum absolute atomic E-state index is 8.96. The molecule has 0 spiro atoms. The van der Waals surface area contributed by atoms with Gasteiger partial charge in [0.1, 0.15) is 0 Å². The summed E-state index contributed by atoms with van der Waals surface area (Å²) < 4.78 is 1.74. The summed E-state index contributed by atoms with van der Waals surface area (Å²) in [6, 6.07) is 1.56. The van der Waals surface area contributed by atoms with Gasteiger partial charge in [-0.2, -0.15) is 5.10 Å². The number of aryl methyl sites for hydroxylation is 2. The second-order valence-electron chi connectivity index (χ2n) is 3.64. The van der Waals surface area contributed by atoms with Gasteiger partial charge in [0, 0.05) is 18.6 Å². The number of hydrogen-bond donors (Lipinski definition) is 2. The number of aliphatic hydroxyl groups excluding tert-OH is 1. The lowest BCUT2D eigenvalue weighted by molar-refractivity contribution is 0.268. The summed E-state index contributed by atoms with van der Waals surface area (Å²) in [7, 11) is 1.86. The first-order valence-electron chi connectivity index (χ1n) is 4.79. The van der Waals surface area contributed by atoms with Crippen LogP contribution in [0.1, 0.15) is 17.3 Å². The van der Waals surface area contributed by atoms with Gasteiger partial charge < -0.3 is 10.8 Å². The highest BCUT2D eigenvalue weighted by Gasteiger charge is 2.10. The van der Waals surface area contributed by atoms with Crippen LogP contribution < -0.4 is 5.73 Å². The van der Waals surface area contributed by atoms with Crippen LogP contribution in [0.5, 0.6) is 0 Å². The zero-order chi connectivity index (χ0) is 11.0. The highest BCUT2D eigenvalue weighted by Crippen LogP contribution is 2.19. The van der Waals surface area contributed by atoms with Crippen molar-refractivity contribution >= 4 is 11.0 Å². The molecule has 2 aromatic rings. The quantitative estimate of drug-likeness (QED) is 0.739. The lowest BCUT2D eigenvalue weighted by Gasteiger charge is -2.07. The van der Waals surface area contributed by atoms with E-state index >= 15 is 0 Å². The van der Waals surface area contributed by atoms with Crippen LogP contribution in [0.2, 0.25) is 0 Å². The van der Waals surface area contributed by atoms with E-state index in [1.807, 2.05) is 20.0 Å². The minimum atomic E-state index is -0.374.